The number of hydrogen-bond acceptors (Lipinski definition) is 2. The molecule has 1 aromatic rings. The number of piperazine rings is 1. The highest BCUT2D eigenvalue weighted by Crippen LogP contribution is 2.27. The van der Waals surface area contributed by atoms with Gasteiger partial charge in [-0.15, -0.1) is 0 Å². The van der Waals surface area contributed by atoms with E-state index in [2.05, 4.69) is 23.2 Å². The SMILES string of the molecule is CCCC[C@H](c1cccc(F)c1)N1CCNCC1. The fourth-order valence-electron chi connectivity index (χ4n) is 2.67. The topological polar surface area (TPSA) is 15.3 Å². The molecule has 100 valence electrons. The van der Waals surface area contributed by atoms with E-state index in [1.807, 2.05) is 6.07 Å². The number of nitrogens with zero attached hydrogens (tertiary/aromatic N) is 1. The number of hydrogen-bond donors (Lipinski definition) is 1. The van der Waals surface area contributed by atoms with Gasteiger partial charge < -0.3 is 5.32 Å². The van der Waals surface area contributed by atoms with Crippen LogP contribution in [-0.4, -0.2) is 31.1 Å². The maximum Gasteiger partial charge on any atom is 0.123 e. The minimum absolute atomic E-state index is 0.121. The van der Waals surface area contributed by atoms with Crippen molar-refractivity contribution in [3.05, 3.63) is 35.6 Å². The minimum Gasteiger partial charge on any atom is -0.314 e. The van der Waals surface area contributed by atoms with Gasteiger partial charge in [-0.25, -0.2) is 4.39 Å². The van der Waals surface area contributed by atoms with Crippen LogP contribution in [0.15, 0.2) is 24.3 Å². The van der Waals surface area contributed by atoms with Crippen molar-refractivity contribution in [3.8, 4) is 0 Å². The van der Waals surface area contributed by atoms with E-state index in [0.29, 0.717) is 6.04 Å². The van der Waals surface area contributed by atoms with Gasteiger partial charge in [-0.2, -0.15) is 0 Å². The van der Waals surface area contributed by atoms with E-state index in [1.54, 1.807) is 6.07 Å². The molecule has 0 saturated carbocycles. The largest absolute Gasteiger partial charge is 0.314 e. The van der Waals surface area contributed by atoms with Crippen LogP contribution in [0.3, 0.4) is 0 Å². The Balaban J connectivity index is 2.12. The summed E-state index contributed by atoms with van der Waals surface area (Å²) in [5, 5.41) is 3.37. The van der Waals surface area contributed by atoms with E-state index in [0.717, 1.165) is 38.2 Å². The Hall–Kier alpha value is -0.930. The molecule has 0 aromatic heterocycles. The average Bonchev–Trinajstić information content (AvgIpc) is 2.40. The van der Waals surface area contributed by atoms with Crippen molar-refractivity contribution >= 4 is 0 Å². The van der Waals surface area contributed by atoms with Gasteiger partial charge in [0.2, 0.25) is 0 Å². The molecule has 0 bridgehead atoms. The Labute approximate surface area is 109 Å². The number of nitrogens with one attached hydrogen (secondary N) is 1. The summed E-state index contributed by atoms with van der Waals surface area (Å²) in [7, 11) is 0. The maximum atomic E-state index is 13.4. The van der Waals surface area contributed by atoms with E-state index in [9.17, 15) is 4.39 Å². The second kappa shape index (κ2) is 6.86. The molecule has 1 atom stereocenters. The number of halogens is 1. The molecule has 1 heterocycles. The molecule has 3 heteroatoms. The predicted octanol–water partition coefficient (Wildman–Crippen LogP) is 2.96. The van der Waals surface area contributed by atoms with Crippen LogP contribution in [0.1, 0.15) is 37.8 Å². The lowest BCUT2D eigenvalue weighted by Gasteiger charge is -2.35. The molecule has 0 amide bonds. The van der Waals surface area contributed by atoms with Gasteiger partial charge in [0, 0.05) is 32.2 Å². The van der Waals surface area contributed by atoms with Crippen LogP contribution in [0, 0.1) is 5.82 Å². The Morgan fingerprint density at radius 1 is 1.33 bits per heavy atom. The molecule has 1 aromatic carbocycles. The van der Waals surface area contributed by atoms with Crippen molar-refractivity contribution < 1.29 is 4.39 Å². The van der Waals surface area contributed by atoms with E-state index in [1.165, 1.54) is 18.9 Å². The molecular formula is C15H23FN2. The lowest BCUT2D eigenvalue weighted by atomic mass is 9.98. The normalized spacial score (nSPS) is 18.8. The maximum absolute atomic E-state index is 13.4. The van der Waals surface area contributed by atoms with Crippen LogP contribution < -0.4 is 5.32 Å². The van der Waals surface area contributed by atoms with Gasteiger partial charge >= 0.3 is 0 Å². The summed E-state index contributed by atoms with van der Waals surface area (Å²) >= 11 is 0. The zero-order valence-corrected chi connectivity index (χ0v) is 11.2. The smallest absolute Gasteiger partial charge is 0.123 e. The van der Waals surface area contributed by atoms with Crippen LogP contribution in [-0.2, 0) is 0 Å². The summed E-state index contributed by atoms with van der Waals surface area (Å²) in [6, 6.07) is 7.49. The molecule has 1 N–H and O–H groups in total. The highest BCUT2D eigenvalue weighted by molar-refractivity contribution is 5.20. The van der Waals surface area contributed by atoms with Gasteiger partial charge in [0.25, 0.3) is 0 Å². The monoisotopic (exact) mass is 250 g/mol. The molecule has 18 heavy (non-hydrogen) atoms. The zero-order valence-electron chi connectivity index (χ0n) is 11.2. The summed E-state index contributed by atoms with van der Waals surface area (Å²) in [6.45, 7) is 6.41. The summed E-state index contributed by atoms with van der Waals surface area (Å²) in [4.78, 5) is 2.49. The van der Waals surface area contributed by atoms with Crippen LogP contribution in [0.25, 0.3) is 0 Å². The number of benzene rings is 1. The first-order valence-electron chi connectivity index (χ1n) is 7.01. The first-order valence-corrected chi connectivity index (χ1v) is 7.01. The van der Waals surface area contributed by atoms with Gasteiger partial charge in [0.05, 0.1) is 0 Å². The average molecular weight is 250 g/mol. The van der Waals surface area contributed by atoms with E-state index in [4.69, 9.17) is 0 Å². The molecule has 1 fully saturated rings. The van der Waals surface area contributed by atoms with Gasteiger partial charge in [-0.3, -0.25) is 4.90 Å². The van der Waals surface area contributed by atoms with Crippen molar-refractivity contribution in [1.29, 1.82) is 0 Å². The third-order valence-corrected chi connectivity index (χ3v) is 3.66. The lowest BCUT2D eigenvalue weighted by molar-refractivity contribution is 0.163. The first kappa shape index (κ1) is 13.5. The van der Waals surface area contributed by atoms with Gasteiger partial charge in [-0.1, -0.05) is 31.9 Å². The Kier molecular flexibility index (Phi) is 5.14. The van der Waals surface area contributed by atoms with Crippen molar-refractivity contribution in [2.45, 2.75) is 32.2 Å². The molecule has 0 unspecified atom stereocenters. The molecule has 2 rings (SSSR count). The Bertz CT molecular complexity index is 361. The van der Waals surface area contributed by atoms with Crippen molar-refractivity contribution in [3.63, 3.8) is 0 Å². The second-order valence-corrected chi connectivity index (χ2v) is 5.00. The molecule has 2 nitrogen and oxygen atoms in total. The molecule has 1 aliphatic rings. The van der Waals surface area contributed by atoms with Crippen LogP contribution in [0.4, 0.5) is 4.39 Å². The highest BCUT2D eigenvalue weighted by atomic mass is 19.1. The Morgan fingerprint density at radius 2 is 2.11 bits per heavy atom. The second-order valence-electron chi connectivity index (χ2n) is 5.00. The van der Waals surface area contributed by atoms with E-state index >= 15 is 0 Å². The first-order chi connectivity index (χ1) is 8.81. The van der Waals surface area contributed by atoms with E-state index < -0.39 is 0 Å². The van der Waals surface area contributed by atoms with Crippen LogP contribution in [0.2, 0.25) is 0 Å². The quantitative estimate of drug-likeness (QED) is 0.864. The summed E-state index contributed by atoms with van der Waals surface area (Å²) in [6.07, 6.45) is 3.52. The molecule has 0 aliphatic carbocycles. The van der Waals surface area contributed by atoms with Gasteiger partial charge in [0.15, 0.2) is 0 Å². The molecular weight excluding hydrogens is 227 g/mol. The van der Waals surface area contributed by atoms with Crippen molar-refractivity contribution in [2.24, 2.45) is 0 Å². The summed E-state index contributed by atoms with van der Waals surface area (Å²) in [5.74, 6) is -0.121. The zero-order chi connectivity index (χ0) is 12.8. The van der Waals surface area contributed by atoms with E-state index in [-0.39, 0.29) is 5.82 Å². The van der Waals surface area contributed by atoms with Crippen molar-refractivity contribution in [2.75, 3.05) is 26.2 Å². The van der Waals surface area contributed by atoms with Crippen LogP contribution >= 0.6 is 0 Å². The molecule has 1 aliphatic heterocycles. The fraction of sp³-hybridized carbons (Fsp3) is 0.600. The standard InChI is InChI=1S/C15H23FN2/c1-2-3-7-15(18-10-8-17-9-11-18)13-5-4-6-14(16)12-13/h4-6,12,15,17H,2-3,7-11H2,1H3/t15-/m1/s1. The van der Waals surface area contributed by atoms with Gasteiger partial charge in [-0.05, 0) is 24.1 Å². The third-order valence-electron chi connectivity index (χ3n) is 3.66. The summed E-state index contributed by atoms with van der Waals surface area (Å²) < 4.78 is 13.4. The predicted molar refractivity (Wildman–Crippen MR) is 73.1 cm³/mol. The lowest BCUT2D eigenvalue weighted by Crippen LogP contribution is -2.45. The van der Waals surface area contributed by atoms with Gasteiger partial charge in [0.1, 0.15) is 5.82 Å². The Morgan fingerprint density at radius 3 is 2.78 bits per heavy atom. The number of unbranched alkanes of at least 4 members (excludes halogenated alkanes) is 1. The van der Waals surface area contributed by atoms with Crippen LogP contribution in [0.5, 0.6) is 0 Å². The molecule has 0 spiro atoms. The number of rotatable bonds is 5. The molecule has 1 saturated heterocycles. The third kappa shape index (κ3) is 3.53. The van der Waals surface area contributed by atoms with Crippen molar-refractivity contribution in [1.82, 2.24) is 10.2 Å². The highest BCUT2D eigenvalue weighted by Gasteiger charge is 2.21. The summed E-state index contributed by atoms with van der Waals surface area (Å²) in [5.41, 5.74) is 1.13. The minimum atomic E-state index is -0.121. The molecule has 0 radical (unpaired) electrons. The fourth-order valence-corrected chi connectivity index (χ4v) is 2.67.